The molecule has 2 aromatic rings. The van der Waals surface area contributed by atoms with Crippen LogP contribution in [-0.2, 0) is 0 Å². The van der Waals surface area contributed by atoms with Gasteiger partial charge in [0.2, 0.25) is 0 Å². The van der Waals surface area contributed by atoms with E-state index in [4.69, 9.17) is 0 Å². The molecule has 0 saturated carbocycles. The van der Waals surface area contributed by atoms with Gasteiger partial charge in [-0.05, 0) is 51.1 Å². The van der Waals surface area contributed by atoms with E-state index in [9.17, 15) is 0 Å². The molecule has 0 amide bonds. The molecule has 0 aliphatic heterocycles. The van der Waals surface area contributed by atoms with E-state index in [0.29, 0.717) is 0 Å². The number of halogens is 2. The maximum Gasteiger partial charge on any atom is 0.0596 e. The summed E-state index contributed by atoms with van der Waals surface area (Å²) >= 11 is 8.80. The second-order valence-electron chi connectivity index (χ2n) is 3.72. The van der Waals surface area contributed by atoms with Crippen LogP contribution in [0, 0.1) is 0 Å². The molecule has 1 aromatic heterocycles. The zero-order valence-corrected chi connectivity index (χ0v) is 13.4. The van der Waals surface area contributed by atoms with Crippen LogP contribution in [0.15, 0.2) is 44.0 Å². The molecule has 0 aliphatic rings. The minimum absolute atomic E-state index is 0.258. The van der Waals surface area contributed by atoms with Crippen molar-refractivity contribution in [3.63, 3.8) is 0 Å². The van der Waals surface area contributed by atoms with Crippen LogP contribution in [0.25, 0.3) is 0 Å². The number of hydrogen-bond acceptors (Lipinski definition) is 2. The molecule has 0 spiro atoms. The highest BCUT2D eigenvalue weighted by Crippen LogP contribution is 2.31. The van der Waals surface area contributed by atoms with Crippen molar-refractivity contribution < 1.29 is 0 Å². The van der Waals surface area contributed by atoms with E-state index < -0.39 is 0 Å². The van der Waals surface area contributed by atoms with Gasteiger partial charge in [-0.3, -0.25) is 0 Å². The second-order valence-corrected chi connectivity index (χ2v) is 6.23. The number of rotatable bonds is 4. The Hall–Kier alpha value is -0.160. The molecule has 1 unspecified atom stereocenters. The summed E-state index contributed by atoms with van der Waals surface area (Å²) in [6, 6.07) is 8.73. The van der Waals surface area contributed by atoms with Gasteiger partial charge in [-0.2, -0.15) is 11.3 Å². The molecular weight excluding hydrogens is 362 g/mol. The molecule has 1 aromatic carbocycles. The summed E-state index contributed by atoms with van der Waals surface area (Å²) in [4.78, 5) is 0. The van der Waals surface area contributed by atoms with Crippen LogP contribution >= 0.6 is 43.2 Å². The van der Waals surface area contributed by atoms with Gasteiger partial charge in [-0.25, -0.2) is 0 Å². The lowest BCUT2D eigenvalue weighted by Gasteiger charge is -2.18. The lowest BCUT2D eigenvalue weighted by molar-refractivity contribution is 0.630. The summed E-state index contributed by atoms with van der Waals surface area (Å²) in [7, 11) is 0. The van der Waals surface area contributed by atoms with Crippen molar-refractivity contribution in [3.05, 3.63) is 55.1 Å². The third-order valence-corrected chi connectivity index (χ3v) is 4.85. The molecule has 0 radical (unpaired) electrons. The smallest absolute Gasteiger partial charge is 0.0596 e. The van der Waals surface area contributed by atoms with Gasteiger partial charge in [-0.15, -0.1) is 0 Å². The molecule has 4 heteroatoms. The van der Waals surface area contributed by atoms with Crippen LogP contribution in [0.3, 0.4) is 0 Å². The van der Waals surface area contributed by atoms with Crippen LogP contribution in [0.4, 0.5) is 0 Å². The zero-order chi connectivity index (χ0) is 12.3. The topological polar surface area (TPSA) is 12.0 Å². The van der Waals surface area contributed by atoms with Crippen molar-refractivity contribution in [3.8, 4) is 0 Å². The van der Waals surface area contributed by atoms with E-state index >= 15 is 0 Å². The van der Waals surface area contributed by atoms with E-state index in [2.05, 4.69) is 79.1 Å². The van der Waals surface area contributed by atoms with Gasteiger partial charge in [0.1, 0.15) is 0 Å². The minimum atomic E-state index is 0.258. The molecule has 0 fully saturated rings. The Morgan fingerprint density at radius 1 is 1.18 bits per heavy atom. The van der Waals surface area contributed by atoms with Gasteiger partial charge in [-0.1, -0.05) is 35.0 Å². The van der Waals surface area contributed by atoms with Crippen LogP contribution < -0.4 is 5.32 Å². The number of hydrogen-bond donors (Lipinski definition) is 1. The molecular formula is C13H13Br2NS. The van der Waals surface area contributed by atoms with Crippen molar-refractivity contribution in [1.82, 2.24) is 5.32 Å². The van der Waals surface area contributed by atoms with Gasteiger partial charge in [0.05, 0.1) is 6.04 Å². The van der Waals surface area contributed by atoms with Crippen molar-refractivity contribution >= 4 is 43.2 Å². The number of benzene rings is 1. The first kappa shape index (κ1) is 13.3. The van der Waals surface area contributed by atoms with E-state index in [1.807, 2.05) is 0 Å². The van der Waals surface area contributed by atoms with E-state index in [1.54, 1.807) is 11.3 Å². The summed E-state index contributed by atoms with van der Waals surface area (Å²) in [6.45, 7) is 3.08. The Kier molecular flexibility index (Phi) is 4.79. The Morgan fingerprint density at radius 3 is 2.41 bits per heavy atom. The fourth-order valence-electron chi connectivity index (χ4n) is 1.76. The maximum atomic E-state index is 3.61. The summed E-state index contributed by atoms with van der Waals surface area (Å²) in [5, 5.41) is 7.84. The molecule has 2 rings (SSSR count). The molecule has 0 bridgehead atoms. The largest absolute Gasteiger partial charge is 0.306 e. The summed E-state index contributed by atoms with van der Waals surface area (Å²) in [5.74, 6) is 0. The van der Waals surface area contributed by atoms with Crippen LogP contribution in [0.2, 0.25) is 0 Å². The van der Waals surface area contributed by atoms with Gasteiger partial charge in [0.25, 0.3) is 0 Å². The van der Waals surface area contributed by atoms with Crippen LogP contribution in [-0.4, -0.2) is 6.54 Å². The Labute approximate surface area is 123 Å². The first-order chi connectivity index (χ1) is 8.22. The number of nitrogens with one attached hydrogen (secondary N) is 1. The first-order valence-corrected chi connectivity index (χ1v) is 7.95. The van der Waals surface area contributed by atoms with Gasteiger partial charge < -0.3 is 5.32 Å². The fourth-order valence-corrected chi connectivity index (χ4v) is 3.58. The van der Waals surface area contributed by atoms with Gasteiger partial charge >= 0.3 is 0 Å². The second kappa shape index (κ2) is 6.14. The predicted octanol–water partition coefficient (Wildman–Crippen LogP) is 4.97. The molecule has 17 heavy (non-hydrogen) atoms. The Balaban J connectivity index is 2.35. The quantitative estimate of drug-likeness (QED) is 0.796. The van der Waals surface area contributed by atoms with E-state index in [-0.39, 0.29) is 6.04 Å². The molecule has 0 aliphatic carbocycles. The van der Waals surface area contributed by atoms with E-state index in [1.165, 1.54) is 15.6 Å². The van der Waals surface area contributed by atoms with Crippen molar-refractivity contribution in [2.24, 2.45) is 0 Å². The average molecular weight is 375 g/mol. The molecule has 1 heterocycles. The lowest BCUT2D eigenvalue weighted by atomic mass is 10.0. The Morgan fingerprint density at radius 2 is 1.88 bits per heavy atom. The normalized spacial score (nSPS) is 12.6. The molecule has 0 saturated heterocycles. The standard InChI is InChI=1S/C13H13Br2NS/c1-2-16-13(11-7-17-8-12(11)15)9-3-5-10(14)6-4-9/h3-8,13,16H,2H2,1H3. The first-order valence-electron chi connectivity index (χ1n) is 5.42. The third kappa shape index (κ3) is 3.19. The van der Waals surface area contributed by atoms with Crippen molar-refractivity contribution in [2.45, 2.75) is 13.0 Å². The van der Waals surface area contributed by atoms with Gasteiger partial charge in [0, 0.05) is 14.3 Å². The molecule has 1 nitrogen and oxygen atoms in total. The monoisotopic (exact) mass is 373 g/mol. The SMILES string of the molecule is CCNC(c1ccc(Br)cc1)c1cscc1Br. The highest BCUT2D eigenvalue weighted by molar-refractivity contribution is 9.10. The zero-order valence-electron chi connectivity index (χ0n) is 9.41. The van der Waals surface area contributed by atoms with Crippen LogP contribution in [0.1, 0.15) is 24.1 Å². The summed E-state index contributed by atoms with van der Waals surface area (Å²) in [6.07, 6.45) is 0. The molecule has 90 valence electrons. The highest BCUT2D eigenvalue weighted by atomic mass is 79.9. The highest BCUT2D eigenvalue weighted by Gasteiger charge is 2.16. The van der Waals surface area contributed by atoms with Crippen molar-refractivity contribution in [2.75, 3.05) is 6.54 Å². The van der Waals surface area contributed by atoms with Crippen molar-refractivity contribution in [1.29, 1.82) is 0 Å². The third-order valence-electron chi connectivity index (χ3n) is 2.56. The predicted molar refractivity (Wildman–Crippen MR) is 81.7 cm³/mol. The van der Waals surface area contributed by atoms with Gasteiger partial charge in [0.15, 0.2) is 0 Å². The lowest BCUT2D eigenvalue weighted by Crippen LogP contribution is -2.21. The van der Waals surface area contributed by atoms with E-state index in [0.717, 1.165) is 11.0 Å². The minimum Gasteiger partial charge on any atom is -0.306 e. The molecule has 1 N–H and O–H groups in total. The summed E-state index contributed by atoms with van der Waals surface area (Å²) in [5.41, 5.74) is 2.59. The Bertz CT molecular complexity index is 478. The summed E-state index contributed by atoms with van der Waals surface area (Å²) < 4.78 is 2.29. The molecule has 1 atom stereocenters. The van der Waals surface area contributed by atoms with Crippen LogP contribution in [0.5, 0.6) is 0 Å². The maximum absolute atomic E-state index is 3.61. The average Bonchev–Trinajstić information content (AvgIpc) is 2.74. The fraction of sp³-hybridized carbons (Fsp3) is 0.231. The number of thiophene rings is 1.